The lowest BCUT2D eigenvalue weighted by atomic mass is 10.1. The Kier molecular flexibility index (Phi) is 2.93. The maximum absolute atomic E-state index is 5.49. The minimum Gasteiger partial charge on any atom is -0.382 e. The van der Waals surface area contributed by atoms with E-state index in [1.807, 2.05) is 6.07 Å². The monoisotopic (exact) mass is 194 g/mol. The topological polar surface area (TPSA) is 55.0 Å². The molecular formula is C10H18N4. The van der Waals surface area contributed by atoms with Gasteiger partial charge in [0.1, 0.15) is 5.82 Å². The largest absolute Gasteiger partial charge is 0.382 e. The second kappa shape index (κ2) is 3.82. The highest BCUT2D eigenvalue weighted by molar-refractivity contribution is 5.43. The molecule has 4 heteroatoms. The number of nitrogen functional groups attached to an aromatic ring is 1. The maximum atomic E-state index is 5.49. The Morgan fingerprint density at radius 2 is 1.93 bits per heavy atom. The molecule has 1 rings (SSSR count). The van der Waals surface area contributed by atoms with Gasteiger partial charge in [0.25, 0.3) is 0 Å². The average Bonchev–Trinajstić information content (AvgIpc) is 2.07. The molecule has 0 radical (unpaired) electrons. The second-order valence-corrected chi connectivity index (χ2v) is 4.23. The Labute approximate surface area is 85.1 Å². The summed E-state index contributed by atoms with van der Waals surface area (Å²) in [6, 6.07) is 3.67. The first kappa shape index (κ1) is 10.8. The lowest BCUT2D eigenvalue weighted by Gasteiger charge is -2.35. The van der Waals surface area contributed by atoms with Crippen molar-refractivity contribution in [1.29, 1.82) is 0 Å². The molecule has 1 aromatic heterocycles. The normalized spacial score (nSPS) is 11.4. The number of nitrogens with zero attached hydrogens (tertiary/aromatic N) is 3. The van der Waals surface area contributed by atoms with E-state index in [1.54, 1.807) is 6.07 Å². The highest BCUT2D eigenvalue weighted by Crippen LogP contribution is 2.20. The summed E-state index contributed by atoms with van der Waals surface area (Å²) in [5, 5.41) is 7.91. The summed E-state index contributed by atoms with van der Waals surface area (Å²) in [6.45, 7) is 9.45. The van der Waals surface area contributed by atoms with E-state index in [4.69, 9.17) is 5.73 Å². The molecule has 78 valence electrons. The van der Waals surface area contributed by atoms with Crippen LogP contribution in [0.25, 0.3) is 0 Å². The van der Waals surface area contributed by atoms with E-state index < -0.39 is 0 Å². The zero-order valence-corrected chi connectivity index (χ0v) is 9.28. The van der Waals surface area contributed by atoms with Gasteiger partial charge in [-0.3, -0.25) is 0 Å². The van der Waals surface area contributed by atoms with Gasteiger partial charge in [-0.2, -0.15) is 0 Å². The van der Waals surface area contributed by atoms with Gasteiger partial charge in [0.05, 0.1) is 0 Å². The molecule has 0 aliphatic rings. The van der Waals surface area contributed by atoms with Gasteiger partial charge in [-0.15, -0.1) is 10.2 Å². The third-order valence-electron chi connectivity index (χ3n) is 2.07. The van der Waals surface area contributed by atoms with Crippen LogP contribution < -0.4 is 10.6 Å². The molecule has 0 unspecified atom stereocenters. The molecule has 14 heavy (non-hydrogen) atoms. The van der Waals surface area contributed by atoms with Crippen LogP contribution in [0.3, 0.4) is 0 Å². The van der Waals surface area contributed by atoms with E-state index in [-0.39, 0.29) is 5.54 Å². The summed E-state index contributed by atoms with van der Waals surface area (Å²) in [7, 11) is 0. The van der Waals surface area contributed by atoms with Crippen molar-refractivity contribution < 1.29 is 0 Å². The van der Waals surface area contributed by atoms with Crippen molar-refractivity contribution >= 4 is 11.6 Å². The van der Waals surface area contributed by atoms with Crippen LogP contribution in [0.5, 0.6) is 0 Å². The minimum atomic E-state index is 0.0551. The van der Waals surface area contributed by atoms with Gasteiger partial charge in [-0.05, 0) is 39.8 Å². The highest BCUT2D eigenvalue weighted by atomic mass is 15.3. The van der Waals surface area contributed by atoms with Crippen molar-refractivity contribution in [3.8, 4) is 0 Å². The first-order chi connectivity index (χ1) is 6.45. The van der Waals surface area contributed by atoms with E-state index in [2.05, 4.69) is 42.8 Å². The van der Waals surface area contributed by atoms with Crippen LogP contribution in [0.2, 0.25) is 0 Å². The Hall–Kier alpha value is -1.32. The molecule has 4 nitrogen and oxygen atoms in total. The first-order valence-corrected chi connectivity index (χ1v) is 4.82. The Morgan fingerprint density at radius 1 is 1.29 bits per heavy atom. The SMILES string of the molecule is CCN(c1ccc(N)nn1)C(C)(C)C. The van der Waals surface area contributed by atoms with Crippen molar-refractivity contribution in [3.05, 3.63) is 12.1 Å². The summed E-state index contributed by atoms with van der Waals surface area (Å²) in [6.07, 6.45) is 0. The molecule has 0 bridgehead atoms. The van der Waals surface area contributed by atoms with Crippen LogP contribution in [0.1, 0.15) is 27.7 Å². The Bertz CT molecular complexity index is 286. The van der Waals surface area contributed by atoms with Crippen molar-refractivity contribution in [3.63, 3.8) is 0 Å². The standard InChI is InChI=1S/C10H18N4/c1-5-14(10(2,3)4)9-7-6-8(11)12-13-9/h6-7H,5H2,1-4H3,(H2,11,12). The van der Waals surface area contributed by atoms with E-state index in [0.29, 0.717) is 5.82 Å². The first-order valence-electron chi connectivity index (χ1n) is 4.82. The van der Waals surface area contributed by atoms with E-state index in [0.717, 1.165) is 12.4 Å². The zero-order valence-electron chi connectivity index (χ0n) is 9.28. The number of rotatable bonds is 2. The smallest absolute Gasteiger partial charge is 0.151 e. The van der Waals surface area contributed by atoms with Crippen molar-refractivity contribution in [2.45, 2.75) is 33.2 Å². The van der Waals surface area contributed by atoms with Crippen LogP contribution in [0, 0.1) is 0 Å². The van der Waals surface area contributed by atoms with Crippen molar-refractivity contribution in [2.24, 2.45) is 0 Å². The quantitative estimate of drug-likeness (QED) is 0.778. The van der Waals surface area contributed by atoms with Gasteiger partial charge in [0.2, 0.25) is 0 Å². The third kappa shape index (κ3) is 2.34. The molecular weight excluding hydrogens is 176 g/mol. The fourth-order valence-corrected chi connectivity index (χ4v) is 1.46. The van der Waals surface area contributed by atoms with Crippen LogP contribution in [0.15, 0.2) is 12.1 Å². The maximum Gasteiger partial charge on any atom is 0.151 e. The summed E-state index contributed by atoms with van der Waals surface area (Å²) >= 11 is 0. The fraction of sp³-hybridized carbons (Fsp3) is 0.600. The molecule has 0 saturated carbocycles. The highest BCUT2D eigenvalue weighted by Gasteiger charge is 2.20. The molecule has 0 saturated heterocycles. The average molecular weight is 194 g/mol. The zero-order chi connectivity index (χ0) is 10.8. The number of anilines is 2. The van der Waals surface area contributed by atoms with Gasteiger partial charge in [0.15, 0.2) is 5.82 Å². The Morgan fingerprint density at radius 3 is 2.29 bits per heavy atom. The molecule has 0 fully saturated rings. The lowest BCUT2D eigenvalue weighted by Crippen LogP contribution is -2.41. The summed E-state index contributed by atoms with van der Waals surface area (Å²) in [5.74, 6) is 1.33. The van der Waals surface area contributed by atoms with Gasteiger partial charge in [-0.25, -0.2) is 0 Å². The predicted molar refractivity (Wildman–Crippen MR) is 59.2 cm³/mol. The summed E-state index contributed by atoms with van der Waals surface area (Å²) < 4.78 is 0. The number of hydrogen-bond acceptors (Lipinski definition) is 4. The van der Waals surface area contributed by atoms with Gasteiger partial charge in [-0.1, -0.05) is 0 Å². The summed E-state index contributed by atoms with van der Waals surface area (Å²) in [5.41, 5.74) is 5.54. The lowest BCUT2D eigenvalue weighted by molar-refractivity contribution is 0.506. The van der Waals surface area contributed by atoms with E-state index >= 15 is 0 Å². The van der Waals surface area contributed by atoms with Crippen LogP contribution in [-0.4, -0.2) is 22.3 Å². The molecule has 0 amide bonds. The van der Waals surface area contributed by atoms with Gasteiger partial charge >= 0.3 is 0 Å². The molecule has 0 aliphatic carbocycles. The van der Waals surface area contributed by atoms with Crippen LogP contribution in [-0.2, 0) is 0 Å². The molecule has 0 aromatic carbocycles. The van der Waals surface area contributed by atoms with Crippen molar-refractivity contribution in [1.82, 2.24) is 10.2 Å². The second-order valence-electron chi connectivity index (χ2n) is 4.23. The van der Waals surface area contributed by atoms with E-state index in [1.165, 1.54) is 0 Å². The van der Waals surface area contributed by atoms with E-state index in [9.17, 15) is 0 Å². The molecule has 2 N–H and O–H groups in total. The minimum absolute atomic E-state index is 0.0551. The van der Waals surface area contributed by atoms with Gasteiger partial charge in [0, 0.05) is 12.1 Å². The Balaban J connectivity index is 2.96. The van der Waals surface area contributed by atoms with Crippen LogP contribution >= 0.6 is 0 Å². The predicted octanol–water partition coefficient (Wildman–Crippen LogP) is 1.68. The number of hydrogen-bond donors (Lipinski definition) is 1. The molecule has 1 aromatic rings. The molecule has 0 spiro atoms. The molecule has 1 heterocycles. The van der Waals surface area contributed by atoms with Crippen LogP contribution in [0.4, 0.5) is 11.6 Å². The molecule has 0 aliphatic heterocycles. The fourth-order valence-electron chi connectivity index (χ4n) is 1.46. The van der Waals surface area contributed by atoms with Gasteiger partial charge < -0.3 is 10.6 Å². The van der Waals surface area contributed by atoms with Crippen molar-refractivity contribution in [2.75, 3.05) is 17.2 Å². The summed E-state index contributed by atoms with van der Waals surface area (Å²) in [4.78, 5) is 2.18. The third-order valence-corrected chi connectivity index (χ3v) is 2.07. The molecule has 0 atom stereocenters. The number of aromatic nitrogens is 2. The number of nitrogens with two attached hydrogens (primary N) is 1.